The van der Waals surface area contributed by atoms with Crippen molar-refractivity contribution in [1.82, 2.24) is 24.4 Å². The van der Waals surface area contributed by atoms with Crippen LogP contribution in [0, 0.1) is 11.7 Å². The molecular formula is C22H22FN7O2. The Balaban J connectivity index is 1.63. The molecule has 4 rings (SSSR count). The molecule has 164 valence electrons. The number of ether oxygens (including phenoxy) is 1. The second kappa shape index (κ2) is 8.88. The van der Waals surface area contributed by atoms with Crippen LogP contribution in [0.25, 0.3) is 5.52 Å². The molecule has 0 bridgehead atoms. The zero-order valence-electron chi connectivity index (χ0n) is 17.6. The molecule has 3 aromatic heterocycles. The van der Waals surface area contributed by atoms with Gasteiger partial charge in [0.1, 0.15) is 5.52 Å². The van der Waals surface area contributed by atoms with Gasteiger partial charge in [-0.05, 0) is 36.3 Å². The molecule has 0 spiro atoms. The average Bonchev–Trinajstić information content (AvgIpc) is 3.39. The van der Waals surface area contributed by atoms with Gasteiger partial charge >= 0.3 is 0 Å². The summed E-state index contributed by atoms with van der Waals surface area (Å²) in [5.74, 6) is -0.253. The predicted molar refractivity (Wildman–Crippen MR) is 119 cm³/mol. The minimum absolute atomic E-state index is 0.0932. The van der Waals surface area contributed by atoms with Gasteiger partial charge in [0.15, 0.2) is 11.6 Å². The number of hydrogen-bond donors (Lipinski definition) is 2. The van der Waals surface area contributed by atoms with Crippen molar-refractivity contribution in [3.05, 3.63) is 67.4 Å². The van der Waals surface area contributed by atoms with Crippen LogP contribution in [0.4, 0.5) is 21.7 Å². The number of halogens is 1. The van der Waals surface area contributed by atoms with Crippen molar-refractivity contribution in [3.63, 3.8) is 0 Å². The Morgan fingerprint density at radius 2 is 2.16 bits per heavy atom. The molecule has 0 unspecified atom stereocenters. The summed E-state index contributed by atoms with van der Waals surface area (Å²) in [6, 6.07) is 7.53. The first kappa shape index (κ1) is 21.0. The van der Waals surface area contributed by atoms with E-state index in [0.29, 0.717) is 22.8 Å². The molecule has 3 heterocycles. The third-order valence-electron chi connectivity index (χ3n) is 4.39. The van der Waals surface area contributed by atoms with Crippen LogP contribution < -0.4 is 15.4 Å². The number of nitrogens with one attached hydrogen (secondary N) is 2. The van der Waals surface area contributed by atoms with Gasteiger partial charge in [-0.3, -0.25) is 9.48 Å². The number of benzene rings is 1. The smallest absolute Gasteiger partial charge is 0.248 e. The number of carbonyl (C=O) groups excluding carboxylic acids is 1. The van der Waals surface area contributed by atoms with Gasteiger partial charge in [0.25, 0.3) is 0 Å². The monoisotopic (exact) mass is 435 g/mol. The van der Waals surface area contributed by atoms with Crippen molar-refractivity contribution >= 4 is 28.7 Å². The molecule has 0 radical (unpaired) electrons. The summed E-state index contributed by atoms with van der Waals surface area (Å²) >= 11 is 0. The van der Waals surface area contributed by atoms with Gasteiger partial charge in [-0.15, -0.1) is 5.10 Å². The van der Waals surface area contributed by atoms with Crippen molar-refractivity contribution in [1.29, 1.82) is 0 Å². The SMILES string of the molecule is C=CC(=O)Nc1ccc(F)c(Oc2nc(Nc3cnn(CC(C)C)c3)nn3cccc23)c1. The van der Waals surface area contributed by atoms with Crippen molar-refractivity contribution in [2.24, 2.45) is 5.92 Å². The Morgan fingerprint density at radius 1 is 1.31 bits per heavy atom. The maximum absolute atomic E-state index is 14.4. The topological polar surface area (TPSA) is 98.4 Å². The summed E-state index contributed by atoms with van der Waals surface area (Å²) in [4.78, 5) is 16.0. The van der Waals surface area contributed by atoms with Crippen molar-refractivity contribution in [2.45, 2.75) is 20.4 Å². The first-order valence-electron chi connectivity index (χ1n) is 9.97. The zero-order valence-corrected chi connectivity index (χ0v) is 17.6. The summed E-state index contributed by atoms with van der Waals surface area (Å²) in [5.41, 5.74) is 1.62. The largest absolute Gasteiger partial charge is 0.434 e. The highest BCUT2D eigenvalue weighted by atomic mass is 19.1. The third-order valence-corrected chi connectivity index (χ3v) is 4.39. The number of carbonyl (C=O) groups is 1. The average molecular weight is 435 g/mol. The van der Waals surface area contributed by atoms with Crippen LogP contribution >= 0.6 is 0 Å². The van der Waals surface area contributed by atoms with Gasteiger partial charge < -0.3 is 15.4 Å². The molecule has 0 saturated carbocycles. The molecule has 0 aliphatic heterocycles. The second-order valence-corrected chi connectivity index (χ2v) is 7.49. The summed E-state index contributed by atoms with van der Waals surface area (Å²) in [6.07, 6.45) is 6.39. The van der Waals surface area contributed by atoms with E-state index in [9.17, 15) is 9.18 Å². The fraction of sp³-hybridized carbons (Fsp3) is 0.182. The molecule has 1 aromatic carbocycles. The lowest BCUT2D eigenvalue weighted by Gasteiger charge is -2.11. The van der Waals surface area contributed by atoms with E-state index in [1.54, 1.807) is 29.0 Å². The normalized spacial score (nSPS) is 11.0. The van der Waals surface area contributed by atoms with Gasteiger partial charge in [-0.1, -0.05) is 20.4 Å². The van der Waals surface area contributed by atoms with E-state index < -0.39 is 11.7 Å². The standard InChI is InChI=1S/C22H22FN7O2/c1-4-20(31)25-15-7-8-17(23)19(10-15)32-21-18-6-5-9-30(18)28-22(27-21)26-16-11-24-29(13-16)12-14(2)3/h4-11,13-14H,1,12H2,2-3H3,(H,25,31)(H,26,28). The van der Waals surface area contributed by atoms with Crippen LogP contribution in [0.2, 0.25) is 0 Å². The van der Waals surface area contributed by atoms with E-state index in [-0.39, 0.29) is 17.6 Å². The van der Waals surface area contributed by atoms with Crippen LogP contribution in [0.3, 0.4) is 0 Å². The quantitative estimate of drug-likeness (QED) is 0.399. The van der Waals surface area contributed by atoms with Gasteiger partial charge in [0.2, 0.25) is 17.7 Å². The Bertz CT molecular complexity index is 1280. The molecule has 0 fully saturated rings. The van der Waals surface area contributed by atoms with Crippen LogP contribution in [-0.2, 0) is 11.3 Å². The van der Waals surface area contributed by atoms with Crippen molar-refractivity contribution in [2.75, 3.05) is 10.6 Å². The second-order valence-electron chi connectivity index (χ2n) is 7.49. The number of rotatable bonds is 8. The molecule has 0 atom stereocenters. The van der Waals surface area contributed by atoms with E-state index in [1.165, 1.54) is 18.2 Å². The zero-order chi connectivity index (χ0) is 22.7. The van der Waals surface area contributed by atoms with E-state index in [4.69, 9.17) is 4.74 Å². The molecule has 10 heteroatoms. The lowest BCUT2D eigenvalue weighted by atomic mass is 10.2. The van der Waals surface area contributed by atoms with Crippen LogP contribution in [-0.4, -0.2) is 30.3 Å². The maximum Gasteiger partial charge on any atom is 0.248 e. The number of aromatic nitrogens is 5. The maximum atomic E-state index is 14.4. The highest BCUT2D eigenvalue weighted by molar-refractivity contribution is 5.98. The highest BCUT2D eigenvalue weighted by Gasteiger charge is 2.14. The molecule has 0 saturated heterocycles. The fourth-order valence-corrected chi connectivity index (χ4v) is 3.02. The first-order chi connectivity index (χ1) is 15.4. The number of amides is 1. The Kier molecular flexibility index (Phi) is 5.84. The van der Waals surface area contributed by atoms with E-state index >= 15 is 0 Å². The van der Waals surface area contributed by atoms with Crippen LogP contribution in [0.1, 0.15) is 13.8 Å². The van der Waals surface area contributed by atoms with Crippen molar-refractivity contribution in [3.8, 4) is 11.6 Å². The molecule has 4 aromatic rings. The van der Waals surface area contributed by atoms with E-state index in [2.05, 4.69) is 46.2 Å². The lowest BCUT2D eigenvalue weighted by molar-refractivity contribution is -0.111. The minimum atomic E-state index is -0.602. The molecule has 0 aliphatic rings. The molecule has 9 nitrogen and oxygen atoms in total. The van der Waals surface area contributed by atoms with Gasteiger partial charge in [-0.25, -0.2) is 8.91 Å². The predicted octanol–water partition coefficient (Wildman–Crippen LogP) is 4.38. The summed E-state index contributed by atoms with van der Waals surface area (Å²) in [7, 11) is 0. The third kappa shape index (κ3) is 4.75. The minimum Gasteiger partial charge on any atom is -0.434 e. The van der Waals surface area contributed by atoms with Gasteiger partial charge in [0.05, 0.1) is 11.9 Å². The number of hydrogen-bond acceptors (Lipinski definition) is 6. The fourth-order valence-electron chi connectivity index (χ4n) is 3.02. The Labute approximate surface area is 183 Å². The number of fused-ring (bicyclic) bond motifs is 1. The Morgan fingerprint density at radius 3 is 2.94 bits per heavy atom. The molecular weight excluding hydrogens is 413 g/mol. The Hall–Kier alpha value is -4.21. The van der Waals surface area contributed by atoms with Gasteiger partial charge in [0, 0.05) is 30.7 Å². The number of nitrogens with zero attached hydrogens (tertiary/aromatic N) is 5. The van der Waals surface area contributed by atoms with Crippen LogP contribution in [0.5, 0.6) is 11.6 Å². The summed E-state index contributed by atoms with van der Waals surface area (Å²) in [6.45, 7) is 8.40. The molecule has 0 aliphatic carbocycles. The van der Waals surface area contributed by atoms with E-state index in [1.807, 2.05) is 10.9 Å². The summed E-state index contributed by atoms with van der Waals surface area (Å²) < 4.78 is 23.6. The first-order valence-corrected chi connectivity index (χ1v) is 9.97. The van der Waals surface area contributed by atoms with Crippen LogP contribution in [0.15, 0.2) is 61.6 Å². The molecule has 1 amide bonds. The highest BCUT2D eigenvalue weighted by Crippen LogP contribution is 2.30. The number of anilines is 3. The molecule has 32 heavy (non-hydrogen) atoms. The van der Waals surface area contributed by atoms with Gasteiger partial charge in [-0.2, -0.15) is 10.1 Å². The van der Waals surface area contributed by atoms with E-state index in [0.717, 1.165) is 12.6 Å². The molecule has 2 N–H and O–H groups in total. The van der Waals surface area contributed by atoms with Crippen molar-refractivity contribution < 1.29 is 13.9 Å². The lowest BCUT2D eigenvalue weighted by Crippen LogP contribution is -2.08. The summed E-state index contributed by atoms with van der Waals surface area (Å²) in [5, 5.41) is 14.4.